The third-order valence-corrected chi connectivity index (χ3v) is 5.01. The van der Waals surface area contributed by atoms with Crippen molar-refractivity contribution >= 4 is 23.4 Å². The number of hydrogen-bond donors (Lipinski definition) is 1. The van der Waals surface area contributed by atoms with Crippen molar-refractivity contribution in [2.45, 2.75) is 23.5 Å². The van der Waals surface area contributed by atoms with Crippen LogP contribution < -0.4 is 14.8 Å². The van der Waals surface area contributed by atoms with E-state index in [0.29, 0.717) is 23.5 Å². The van der Waals surface area contributed by atoms with E-state index in [9.17, 15) is 14.9 Å². The maximum atomic E-state index is 12.3. The van der Waals surface area contributed by atoms with Crippen LogP contribution in [-0.2, 0) is 11.2 Å². The van der Waals surface area contributed by atoms with Crippen LogP contribution in [0.25, 0.3) is 0 Å². The number of carbonyl (C=O) groups excluding carboxylic acids is 1. The van der Waals surface area contributed by atoms with Crippen LogP contribution in [0.5, 0.6) is 11.5 Å². The lowest BCUT2D eigenvalue weighted by atomic mass is 10.1. The zero-order valence-corrected chi connectivity index (χ0v) is 16.2. The summed E-state index contributed by atoms with van der Waals surface area (Å²) in [7, 11) is 2.89. The molecule has 0 bridgehead atoms. The van der Waals surface area contributed by atoms with Crippen LogP contribution in [0.2, 0.25) is 0 Å². The molecule has 0 radical (unpaired) electrons. The molecule has 0 saturated carbocycles. The first-order valence-corrected chi connectivity index (χ1v) is 9.23. The molecule has 0 aliphatic heterocycles. The van der Waals surface area contributed by atoms with Gasteiger partial charge in [0.2, 0.25) is 5.91 Å². The molecule has 0 saturated heterocycles. The van der Waals surface area contributed by atoms with Crippen molar-refractivity contribution in [3.05, 3.63) is 58.1 Å². The maximum Gasteiger partial charge on any atom is 0.276 e. The zero-order chi connectivity index (χ0) is 19.8. The van der Waals surface area contributed by atoms with E-state index in [1.807, 2.05) is 37.3 Å². The van der Waals surface area contributed by atoms with E-state index in [4.69, 9.17) is 9.47 Å². The number of hydrogen-bond acceptors (Lipinski definition) is 6. The third kappa shape index (κ3) is 5.62. The van der Waals surface area contributed by atoms with Gasteiger partial charge in [0, 0.05) is 17.0 Å². The molecule has 0 aliphatic carbocycles. The highest BCUT2D eigenvalue weighted by atomic mass is 32.2. The summed E-state index contributed by atoms with van der Waals surface area (Å²) in [5, 5.41) is 13.9. The Morgan fingerprint density at radius 1 is 1.19 bits per heavy atom. The van der Waals surface area contributed by atoms with Gasteiger partial charge in [0.1, 0.15) is 0 Å². The molecule has 1 N–H and O–H groups in total. The van der Waals surface area contributed by atoms with Crippen LogP contribution in [0.15, 0.2) is 47.4 Å². The summed E-state index contributed by atoms with van der Waals surface area (Å²) in [4.78, 5) is 24.1. The van der Waals surface area contributed by atoms with Crippen molar-refractivity contribution in [1.29, 1.82) is 0 Å². The van der Waals surface area contributed by atoms with Crippen LogP contribution in [-0.4, -0.2) is 36.8 Å². The summed E-state index contributed by atoms with van der Waals surface area (Å²) >= 11 is 1.46. The number of carbonyl (C=O) groups is 1. The Morgan fingerprint density at radius 2 is 1.81 bits per heavy atom. The molecule has 144 valence electrons. The average molecular weight is 390 g/mol. The summed E-state index contributed by atoms with van der Waals surface area (Å²) in [5.74, 6) is 0.592. The van der Waals surface area contributed by atoms with Crippen LogP contribution in [0, 0.1) is 10.1 Å². The second-order valence-corrected chi connectivity index (χ2v) is 7.12. The summed E-state index contributed by atoms with van der Waals surface area (Å²) < 4.78 is 10.3. The Morgan fingerprint density at radius 3 is 2.41 bits per heavy atom. The summed E-state index contributed by atoms with van der Waals surface area (Å²) in [6.07, 6.45) is 0.311. The molecule has 1 atom stereocenters. The Hall–Kier alpha value is -2.74. The lowest BCUT2D eigenvalue weighted by molar-refractivity contribution is -0.385. The molecule has 1 amide bonds. The highest BCUT2D eigenvalue weighted by Gasteiger charge is 2.20. The largest absolute Gasteiger partial charge is 0.493 e. The number of nitrogens with zero attached hydrogens (tertiary/aromatic N) is 1. The molecule has 0 aliphatic rings. The van der Waals surface area contributed by atoms with Gasteiger partial charge < -0.3 is 14.8 Å². The lowest BCUT2D eigenvalue weighted by Gasteiger charge is -2.13. The predicted molar refractivity (Wildman–Crippen MR) is 105 cm³/mol. The molecule has 2 aromatic rings. The van der Waals surface area contributed by atoms with E-state index >= 15 is 0 Å². The third-order valence-electron chi connectivity index (χ3n) is 3.90. The van der Waals surface area contributed by atoms with Gasteiger partial charge in [-0.2, -0.15) is 0 Å². The molecular weight excluding hydrogens is 368 g/mol. The van der Waals surface area contributed by atoms with Gasteiger partial charge in [0.05, 0.1) is 30.5 Å². The van der Waals surface area contributed by atoms with Gasteiger partial charge >= 0.3 is 0 Å². The van der Waals surface area contributed by atoms with Gasteiger partial charge in [-0.05, 0) is 31.5 Å². The monoisotopic (exact) mass is 390 g/mol. The SMILES string of the molecule is COc1cc(CCNC(=O)C(C)Sc2ccccc2)c([N+](=O)[O-])cc1OC. The molecule has 0 aromatic heterocycles. The van der Waals surface area contributed by atoms with E-state index in [2.05, 4.69) is 5.32 Å². The molecule has 8 heteroatoms. The van der Waals surface area contributed by atoms with Crippen molar-refractivity contribution in [3.63, 3.8) is 0 Å². The molecule has 1 unspecified atom stereocenters. The van der Waals surface area contributed by atoms with Crippen LogP contribution >= 0.6 is 11.8 Å². The molecule has 0 heterocycles. The first-order valence-electron chi connectivity index (χ1n) is 8.35. The standard InChI is InChI=1S/C19H22N2O5S/c1-13(27-15-7-5-4-6-8-15)19(22)20-10-9-14-11-17(25-2)18(26-3)12-16(14)21(23)24/h4-8,11-13H,9-10H2,1-3H3,(H,20,22). The predicted octanol–water partition coefficient (Wildman–Crippen LogP) is 3.45. The van der Waals surface area contributed by atoms with E-state index in [1.54, 1.807) is 6.07 Å². The topological polar surface area (TPSA) is 90.7 Å². The van der Waals surface area contributed by atoms with Crippen molar-refractivity contribution in [2.75, 3.05) is 20.8 Å². The second kappa shape index (κ2) is 9.82. The van der Waals surface area contributed by atoms with Gasteiger partial charge in [-0.3, -0.25) is 14.9 Å². The minimum atomic E-state index is -0.465. The van der Waals surface area contributed by atoms with Gasteiger partial charge in [-0.25, -0.2) is 0 Å². The Balaban J connectivity index is 1.99. The number of nitro benzene ring substituents is 1. The highest BCUT2D eigenvalue weighted by Crippen LogP contribution is 2.34. The Bertz CT molecular complexity index is 798. The van der Waals surface area contributed by atoms with Crippen LogP contribution in [0.1, 0.15) is 12.5 Å². The van der Waals surface area contributed by atoms with E-state index in [1.165, 1.54) is 32.0 Å². The first kappa shape index (κ1) is 20.6. The van der Waals surface area contributed by atoms with E-state index < -0.39 is 4.92 Å². The molecule has 2 rings (SSSR count). The van der Waals surface area contributed by atoms with Crippen molar-refractivity contribution in [1.82, 2.24) is 5.32 Å². The van der Waals surface area contributed by atoms with Gasteiger partial charge in [0.15, 0.2) is 11.5 Å². The van der Waals surface area contributed by atoms with Crippen LogP contribution in [0.4, 0.5) is 5.69 Å². The van der Waals surface area contributed by atoms with Crippen molar-refractivity contribution < 1.29 is 19.2 Å². The molecule has 0 spiro atoms. The maximum absolute atomic E-state index is 12.3. The number of methoxy groups -OCH3 is 2. The molecule has 0 fully saturated rings. The Labute approximate surface area is 162 Å². The Kier molecular flexibility index (Phi) is 7.48. The number of ether oxygens (including phenoxy) is 2. The number of nitrogens with one attached hydrogen (secondary N) is 1. The summed E-state index contributed by atoms with van der Waals surface area (Å²) in [5.41, 5.74) is 0.412. The number of benzene rings is 2. The molecule has 27 heavy (non-hydrogen) atoms. The van der Waals surface area contributed by atoms with Crippen LogP contribution in [0.3, 0.4) is 0 Å². The fourth-order valence-electron chi connectivity index (χ4n) is 2.50. The minimum Gasteiger partial charge on any atom is -0.493 e. The molecular formula is C19H22N2O5S. The first-order chi connectivity index (χ1) is 13.0. The highest BCUT2D eigenvalue weighted by molar-refractivity contribution is 8.00. The van der Waals surface area contributed by atoms with E-state index in [0.717, 1.165) is 4.90 Å². The van der Waals surface area contributed by atoms with Gasteiger partial charge in [-0.15, -0.1) is 11.8 Å². The average Bonchev–Trinajstić information content (AvgIpc) is 2.67. The number of thioether (sulfide) groups is 1. The smallest absolute Gasteiger partial charge is 0.276 e. The molecule has 7 nitrogen and oxygen atoms in total. The van der Waals surface area contributed by atoms with Crippen molar-refractivity contribution in [3.8, 4) is 11.5 Å². The number of amides is 1. The lowest BCUT2D eigenvalue weighted by Crippen LogP contribution is -2.32. The summed E-state index contributed by atoms with van der Waals surface area (Å²) in [6.45, 7) is 2.11. The molecule has 2 aromatic carbocycles. The fraction of sp³-hybridized carbons (Fsp3) is 0.316. The quantitative estimate of drug-likeness (QED) is 0.401. The fourth-order valence-corrected chi connectivity index (χ4v) is 3.41. The van der Waals surface area contributed by atoms with E-state index in [-0.39, 0.29) is 23.4 Å². The van der Waals surface area contributed by atoms with Crippen molar-refractivity contribution in [2.24, 2.45) is 0 Å². The minimum absolute atomic E-state index is 0.0615. The second-order valence-electron chi connectivity index (χ2n) is 5.71. The normalized spacial score (nSPS) is 11.5. The number of rotatable bonds is 9. The number of nitro groups is 1. The van der Waals surface area contributed by atoms with Gasteiger partial charge in [-0.1, -0.05) is 18.2 Å². The van der Waals surface area contributed by atoms with Gasteiger partial charge in [0.25, 0.3) is 5.69 Å². The summed E-state index contributed by atoms with van der Waals surface area (Å²) in [6, 6.07) is 12.6. The zero-order valence-electron chi connectivity index (χ0n) is 15.4.